The van der Waals surface area contributed by atoms with Gasteiger partial charge in [-0.1, -0.05) is 76.8 Å². The van der Waals surface area contributed by atoms with E-state index in [2.05, 4.69) is 6.92 Å². The highest BCUT2D eigenvalue weighted by Crippen LogP contribution is 2.14. The first-order valence-electron chi connectivity index (χ1n) is 8.60. The average molecular weight is 360 g/mol. The van der Waals surface area contributed by atoms with Gasteiger partial charge in [-0.15, -0.1) is 0 Å². The number of benzene rings is 1. The minimum absolute atomic E-state index is 0. The van der Waals surface area contributed by atoms with Crippen LogP contribution < -0.4 is 0 Å². The van der Waals surface area contributed by atoms with Crippen LogP contribution in [-0.2, 0) is 16.5 Å². The van der Waals surface area contributed by atoms with Crippen LogP contribution in [0.4, 0.5) is 0 Å². The standard InChI is InChI=1S/C18H30O3S.H3P/c1-2-3-4-5-6-7-8-9-10-11-12-17-13-15-18(16-14-17)22(19,20)21;/h13-16H,2-12H2,1H3,(H,19,20,21);1H3. The van der Waals surface area contributed by atoms with Crippen LogP contribution in [0.1, 0.15) is 76.7 Å². The van der Waals surface area contributed by atoms with Crippen molar-refractivity contribution in [2.45, 2.75) is 82.4 Å². The van der Waals surface area contributed by atoms with Crippen LogP contribution in [0, 0.1) is 0 Å². The fourth-order valence-electron chi connectivity index (χ4n) is 2.64. The van der Waals surface area contributed by atoms with Crippen molar-refractivity contribution < 1.29 is 13.0 Å². The normalized spacial score (nSPS) is 11.2. The molecule has 3 nitrogen and oxygen atoms in total. The van der Waals surface area contributed by atoms with E-state index in [1.807, 2.05) is 0 Å². The molecule has 1 atom stereocenters. The fourth-order valence-corrected chi connectivity index (χ4v) is 3.12. The molecular weight excluding hydrogens is 327 g/mol. The highest BCUT2D eigenvalue weighted by molar-refractivity contribution is 7.85. The Morgan fingerprint density at radius 2 is 1.22 bits per heavy atom. The maximum atomic E-state index is 10.9. The Hall–Kier alpha value is -0.440. The number of aryl methyl sites for hydroxylation is 1. The van der Waals surface area contributed by atoms with Crippen molar-refractivity contribution in [1.29, 1.82) is 0 Å². The minimum Gasteiger partial charge on any atom is -0.282 e. The Morgan fingerprint density at radius 3 is 1.65 bits per heavy atom. The van der Waals surface area contributed by atoms with Gasteiger partial charge in [-0.3, -0.25) is 4.55 Å². The van der Waals surface area contributed by atoms with Gasteiger partial charge in [-0.2, -0.15) is 18.3 Å². The smallest absolute Gasteiger partial charge is 0.282 e. The first kappa shape index (κ1) is 22.6. The second kappa shape index (κ2) is 12.9. The van der Waals surface area contributed by atoms with E-state index in [4.69, 9.17) is 4.55 Å². The lowest BCUT2D eigenvalue weighted by molar-refractivity contribution is 0.483. The van der Waals surface area contributed by atoms with E-state index in [1.165, 1.54) is 69.9 Å². The second-order valence-corrected chi connectivity index (χ2v) is 7.47. The molecule has 0 saturated heterocycles. The molecule has 0 aliphatic rings. The van der Waals surface area contributed by atoms with Crippen molar-refractivity contribution in [2.24, 2.45) is 0 Å². The summed E-state index contributed by atoms with van der Waals surface area (Å²) in [7, 11) is -4.06. The third-order valence-electron chi connectivity index (χ3n) is 4.04. The predicted molar refractivity (Wildman–Crippen MR) is 103 cm³/mol. The molecule has 0 spiro atoms. The molecule has 0 radical (unpaired) electrons. The van der Waals surface area contributed by atoms with E-state index < -0.39 is 10.1 Å². The lowest BCUT2D eigenvalue weighted by atomic mass is 10.0. The topological polar surface area (TPSA) is 54.4 Å². The number of rotatable bonds is 12. The van der Waals surface area contributed by atoms with Crippen LogP contribution in [-0.4, -0.2) is 13.0 Å². The van der Waals surface area contributed by atoms with E-state index >= 15 is 0 Å². The summed E-state index contributed by atoms with van der Waals surface area (Å²) in [6.45, 7) is 2.25. The molecule has 0 amide bonds. The summed E-state index contributed by atoms with van der Waals surface area (Å²) >= 11 is 0. The Balaban J connectivity index is 0.00000484. The van der Waals surface area contributed by atoms with Gasteiger partial charge in [-0.25, -0.2) is 0 Å². The Kier molecular flexibility index (Phi) is 12.7. The zero-order valence-corrected chi connectivity index (χ0v) is 16.7. The first-order chi connectivity index (χ1) is 10.5. The molecule has 1 N–H and O–H groups in total. The van der Waals surface area contributed by atoms with Crippen LogP contribution >= 0.6 is 9.90 Å². The number of unbranched alkanes of at least 4 members (excludes halogenated alkanes) is 9. The van der Waals surface area contributed by atoms with Crippen LogP contribution in [0.15, 0.2) is 29.2 Å². The molecule has 1 aromatic rings. The summed E-state index contributed by atoms with van der Waals surface area (Å²) in [6, 6.07) is 6.52. The van der Waals surface area contributed by atoms with Crippen molar-refractivity contribution in [3.63, 3.8) is 0 Å². The average Bonchev–Trinajstić information content (AvgIpc) is 2.49. The van der Waals surface area contributed by atoms with E-state index in [1.54, 1.807) is 12.1 Å². The molecule has 134 valence electrons. The molecule has 0 heterocycles. The summed E-state index contributed by atoms with van der Waals surface area (Å²) in [5, 5.41) is 0. The quantitative estimate of drug-likeness (QED) is 0.306. The molecule has 1 aromatic carbocycles. The fraction of sp³-hybridized carbons (Fsp3) is 0.667. The zero-order chi connectivity index (χ0) is 16.3. The third kappa shape index (κ3) is 10.9. The molecule has 23 heavy (non-hydrogen) atoms. The highest BCUT2D eigenvalue weighted by atomic mass is 32.2. The number of hydrogen-bond donors (Lipinski definition) is 1. The molecule has 5 heteroatoms. The van der Waals surface area contributed by atoms with Gasteiger partial charge in [-0.05, 0) is 30.5 Å². The van der Waals surface area contributed by atoms with Gasteiger partial charge >= 0.3 is 0 Å². The van der Waals surface area contributed by atoms with Gasteiger partial charge in [0.05, 0.1) is 4.90 Å². The van der Waals surface area contributed by atoms with Crippen LogP contribution in [0.25, 0.3) is 0 Å². The first-order valence-corrected chi connectivity index (χ1v) is 10.0. The largest absolute Gasteiger partial charge is 0.294 e. The van der Waals surface area contributed by atoms with Gasteiger partial charge in [0.2, 0.25) is 0 Å². The summed E-state index contributed by atoms with van der Waals surface area (Å²) < 4.78 is 30.8. The van der Waals surface area contributed by atoms with Crippen molar-refractivity contribution in [3.8, 4) is 0 Å². The molecule has 1 rings (SSSR count). The van der Waals surface area contributed by atoms with Crippen LogP contribution in [0.5, 0.6) is 0 Å². The maximum Gasteiger partial charge on any atom is 0.294 e. The van der Waals surface area contributed by atoms with Gasteiger partial charge in [0.25, 0.3) is 10.1 Å². The van der Waals surface area contributed by atoms with E-state index in [-0.39, 0.29) is 14.8 Å². The Labute approximate surface area is 145 Å². The third-order valence-corrected chi connectivity index (χ3v) is 4.91. The molecule has 1 unspecified atom stereocenters. The molecule has 0 aromatic heterocycles. The minimum atomic E-state index is -4.06. The summed E-state index contributed by atoms with van der Waals surface area (Å²) in [5.41, 5.74) is 1.13. The van der Waals surface area contributed by atoms with Crippen LogP contribution in [0.3, 0.4) is 0 Å². The van der Waals surface area contributed by atoms with Gasteiger partial charge in [0.1, 0.15) is 0 Å². The molecule has 0 fully saturated rings. The maximum absolute atomic E-state index is 10.9. The summed E-state index contributed by atoms with van der Waals surface area (Å²) in [5.74, 6) is 0. The zero-order valence-electron chi connectivity index (χ0n) is 14.5. The lowest BCUT2D eigenvalue weighted by Gasteiger charge is -2.04. The number of hydrogen-bond acceptors (Lipinski definition) is 2. The van der Waals surface area contributed by atoms with Gasteiger partial charge in [0, 0.05) is 0 Å². The van der Waals surface area contributed by atoms with E-state index in [0.29, 0.717) is 0 Å². The van der Waals surface area contributed by atoms with Crippen molar-refractivity contribution in [2.75, 3.05) is 0 Å². The highest BCUT2D eigenvalue weighted by Gasteiger charge is 2.08. The molecule has 0 saturated carbocycles. The van der Waals surface area contributed by atoms with Crippen molar-refractivity contribution >= 4 is 20.0 Å². The molecule has 0 aliphatic carbocycles. The van der Waals surface area contributed by atoms with Crippen LogP contribution in [0.2, 0.25) is 0 Å². The second-order valence-electron chi connectivity index (χ2n) is 6.05. The predicted octanol–water partition coefficient (Wildman–Crippen LogP) is 5.45. The molecule has 0 bridgehead atoms. The Morgan fingerprint density at radius 1 is 0.783 bits per heavy atom. The lowest BCUT2D eigenvalue weighted by Crippen LogP contribution is -1.98. The van der Waals surface area contributed by atoms with E-state index in [9.17, 15) is 8.42 Å². The Bertz CT molecular complexity index is 498. The van der Waals surface area contributed by atoms with E-state index in [0.717, 1.165) is 18.4 Å². The summed E-state index contributed by atoms with van der Waals surface area (Å²) in [4.78, 5) is -0.0284. The molecular formula is C18H33O3PS. The monoisotopic (exact) mass is 360 g/mol. The summed E-state index contributed by atoms with van der Waals surface area (Å²) in [6.07, 6.45) is 14.1. The molecule has 0 aliphatic heterocycles. The van der Waals surface area contributed by atoms with Gasteiger partial charge in [0.15, 0.2) is 0 Å². The van der Waals surface area contributed by atoms with Crippen molar-refractivity contribution in [3.05, 3.63) is 29.8 Å². The SMILES string of the molecule is CCCCCCCCCCCCc1ccc(S(=O)(=O)O)cc1.P. The van der Waals surface area contributed by atoms with Crippen molar-refractivity contribution in [1.82, 2.24) is 0 Å². The van der Waals surface area contributed by atoms with Gasteiger partial charge < -0.3 is 0 Å².